The summed E-state index contributed by atoms with van der Waals surface area (Å²) in [5.41, 5.74) is 1.79. The van der Waals surface area contributed by atoms with Gasteiger partial charge in [-0.15, -0.1) is 0 Å². The highest BCUT2D eigenvalue weighted by Crippen LogP contribution is 2.23. The van der Waals surface area contributed by atoms with Crippen LogP contribution in [0, 0.1) is 5.92 Å². The summed E-state index contributed by atoms with van der Waals surface area (Å²) in [6, 6.07) is 7.43. The number of benzene rings is 1. The number of nitrogens with zero attached hydrogens (tertiary/aromatic N) is 1. The second kappa shape index (κ2) is 6.01. The summed E-state index contributed by atoms with van der Waals surface area (Å²) >= 11 is 5.85. The minimum absolute atomic E-state index is 0.0619. The van der Waals surface area contributed by atoms with E-state index in [2.05, 4.69) is 12.1 Å². The van der Waals surface area contributed by atoms with Crippen LogP contribution in [0.5, 0.6) is 0 Å². The number of hydrogen-bond donors (Lipinski definition) is 0. The molecule has 0 fully saturated rings. The topological polar surface area (TPSA) is 38.7 Å². The predicted molar refractivity (Wildman–Crippen MR) is 71.7 cm³/mol. The standard InChI is InChI=1S/C14H16ClNO2/c1-2-3-4-11-9-13(16-18-14(11)17)10-5-7-12(15)8-6-10/h5-8,11H,2-4,9H2,1H3. The number of carbonyl (C=O) groups is 1. The van der Waals surface area contributed by atoms with Crippen LogP contribution in [-0.4, -0.2) is 11.7 Å². The van der Waals surface area contributed by atoms with Crippen molar-refractivity contribution in [2.24, 2.45) is 11.1 Å². The first-order chi connectivity index (χ1) is 8.70. The zero-order valence-electron chi connectivity index (χ0n) is 10.4. The number of rotatable bonds is 4. The van der Waals surface area contributed by atoms with E-state index in [1.54, 1.807) is 0 Å². The Bertz CT molecular complexity index is 453. The molecule has 0 N–H and O–H groups in total. The molecule has 0 aliphatic carbocycles. The van der Waals surface area contributed by atoms with Crippen molar-refractivity contribution in [3.8, 4) is 0 Å². The van der Waals surface area contributed by atoms with Crippen molar-refractivity contribution in [2.75, 3.05) is 0 Å². The lowest BCUT2D eigenvalue weighted by Gasteiger charge is -2.19. The number of oxime groups is 1. The molecular formula is C14H16ClNO2. The first kappa shape index (κ1) is 13.1. The molecule has 1 aromatic rings. The maximum Gasteiger partial charge on any atom is 0.338 e. The monoisotopic (exact) mass is 265 g/mol. The van der Waals surface area contributed by atoms with E-state index in [1.165, 1.54) is 0 Å². The van der Waals surface area contributed by atoms with E-state index in [9.17, 15) is 4.79 Å². The third kappa shape index (κ3) is 3.10. The van der Waals surface area contributed by atoms with Crippen LogP contribution in [0.15, 0.2) is 29.4 Å². The van der Waals surface area contributed by atoms with Crippen LogP contribution in [0.4, 0.5) is 0 Å². The summed E-state index contributed by atoms with van der Waals surface area (Å²) in [4.78, 5) is 16.5. The molecule has 1 atom stereocenters. The van der Waals surface area contributed by atoms with Crippen molar-refractivity contribution in [2.45, 2.75) is 32.6 Å². The van der Waals surface area contributed by atoms with Crippen LogP contribution in [-0.2, 0) is 9.63 Å². The number of unbranched alkanes of at least 4 members (excludes halogenated alkanes) is 1. The molecule has 0 amide bonds. The Hall–Kier alpha value is -1.35. The Labute approximate surface area is 112 Å². The molecule has 2 rings (SSSR count). The summed E-state index contributed by atoms with van der Waals surface area (Å²) in [6.07, 6.45) is 3.63. The summed E-state index contributed by atoms with van der Waals surface area (Å²) in [7, 11) is 0. The molecule has 0 saturated carbocycles. The molecule has 0 spiro atoms. The van der Waals surface area contributed by atoms with Gasteiger partial charge in [-0.2, -0.15) is 0 Å². The van der Waals surface area contributed by atoms with E-state index < -0.39 is 0 Å². The second-order valence-corrected chi connectivity index (χ2v) is 4.93. The third-order valence-electron chi connectivity index (χ3n) is 3.10. The SMILES string of the molecule is CCCCC1CC(c2ccc(Cl)cc2)=NOC1=O. The fourth-order valence-electron chi connectivity index (χ4n) is 2.01. The van der Waals surface area contributed by atoms with Crippen molar-refractivity contribution in [1.82, 2.24) is 0 Å². The van der Waals surface area contributed by atoms with E-state index in [0.29, 0.717) is 11.4 Å². The maximum atomic E-state index is 11.6. The molecule has 18 heavy (non-hydrogen) atoms. The van der Waals surface area contributed by atoms with Crippen LogP contribution in [0.3, 0.4) is 0 Å². The summed E-state index contributed by atoms with van der Waals surface area (Å²) in [5, 5.41) is 4.58. The smallest absolute Gasteiger partial charge is 0.318 e. The predicted octanol–water partition coefficient (Wildman–Crippen LogP) is 3.80. The van der Waals surface area contributed by atoms with Crippen LogP contribution in [0.2, 0.25) is 5.02 Å². The quantitative estimate of drug-likeness (QED) is 0.777. The van der Waals surface area contributed by atoms with Crippen molar-refractivity contribution in [3.05, 3.63) is 34.9 Å². The molecule has 4 heteroatoms. The van der Waals surface area contributed by atoms with Gasteiger partial charge in [-0.05, 0) is 24.1 Å². The zero-order valence-corrected chi connectivity index (χ0v) is 11.1. The highest BCUT2D eigenvalue weighted by molar-refractivity contribution is 6.30. The van der Waals surface area contributed by atoms with Gasteiger partial charge in [-0.3, -0.25) is 0 Å². The Morgan fingerprint density at radius 1 is 1.39 bits per heavy atom. The molecule has 1 unspecified atom stereocenters. The van der Waals surface area contributed by atoms with Gasteiger partial charge in [0.25, 0.3) is 0 Å². The fraction of sp³-hybridized carbons (Fsp3) is 0.429. The first-order valence-corrected chi connectivity index (χ1v) is 6.62. The molecule has 1 aromatic carbocycles. The zero-order chi connectivity index (χ0) is 13.0. The number of hydrogen-bond acceptors (Lipinski definition) is 3. The van der Waals surface area contributed by atoms with Crippen LogP contribution in [0.1, 0.15) is 38.2 Å². The molecule has 3 nitrogen and oxygen atoms in total. The average molecular weight is 266 g/mol. The molecule has 0 radical (unpaired) electrons. The number of halogens is 1. The molecule has 0 aromatic heterocycles. The van der Waals surface area contributed by atoms with Crippen LogP contribution in [0.25, 0.3) is 0 Å². The van der Waals surface area contributed by atoms with Gasteiger partial charge in [0.15, 0.2) is 0 Å². The lowest BCUT2D eigenvalue weighted by molar-refractivity contribution is -0.149. The average Bonchev–Trinajstić information content (AvgIpc) is 2.39. The van der Waals surface area contributed by atoms with Gasteiger partial charge in [-0.25, -0.2) is 4.79 Å². The van der Waals surface area contributed by atoms with Gasteiger partial charge in [-0.1, -0.05) is 48.7 Å². The van der Waals surface area contributed by atoms with E-state index in [-0.39, 0.29) is 11.9 Å². The van der Waals surface area contributed by atoms with Gasteiger partial charge in [0.2, 0.25) is 0 Å². The fourth-order valence-corrected chi connectivity index (χ4v) is 2.14. The summed E-state index contributed by atoms with van der Waals surface area (Å²) in [6.45, 7) is 2.11. The normalized spacial score (nSPS) is 19.3. The minimum Gasteiger partial charge on any atom is -0.318 e. The van der Waals surface area contributed by atoms with Crippen LogP contribution < -0.4 is 0 Å². The summed E-state index contributed by atoms with van der Waals surface area (Å²) < 4.78 is 0. The van der Waals surface area contributed by atoms with E-state index in [4.69, 9.17) is 16.4 Å². The highest BCUT2D eigenvalue weighted by Gasteiger charge is 2.27. The van der Waals surface area contributed by atoms with Gasteiger partial charge >= 0.3 is 5.97 Å². The molecule has 1 heterocycles. The highest BCUT2D eigenvalue weighted by atomic mass is 35.5. The minimum atomic E-state index is -0.207. The van der Waals surface area contributed by atoms with Crippen LogP contribution >= 0.6 is 11.6 Å². The maximum absolute atomic E-state index is 11.6. The van der Waals surface area contributed by atoms with Gasteiger partial charge in [0.1, 0.15) is 0 Å². The Morgan fingerprint density at radius 3 is 2.78 bits per heavy atom. The van der Waals surface area contributed by atoms with E-state index in [0.717, 1.165) is 30.5 Å². The lowest BCUT2D eigenvalue weighted by atomic mass is 9.92. The Kier molecular flexibility index (Phi) is 4.37. The van der Waals surface area contributed by atoms with E-state index in [1.807, 2.05) is 24.3 Å². The molecular weight excluding hydrogens is 250 g/mol. The molecule has 1 aliphatic heterocycles. The Balaban J connectivity index is 2.10. The second-order valence-electron chi connectivity index (χ2n) is 4.50. The molecule has 0 bridgehead atoms. The van der Waals surface area contributed by atoms with Crippen molar-refractivity contribution in [1.29, 1.82) is 0 Å². The van der Waals surface area contributed by atoms with Crippen molar-refractivity contribution >= 4 is 23.3 Å². The van der Waals surface area contributed by atoms with Gasteiger partial charge in [0, 0.05) is 11.4 Å². The van der Waals surface area contributed by atoms with Crippen molar-refractivity contribution < 1.29 is 9.63 Å². The largest absolute Gasteiger partial charge is 0.338 e. The van der Waals surface area contributed by atoms with E-state index >= 15 is 0 Å². The molecule has 96 valence electrons. The molecule has 0 saturated heterocycles. The Morgan fingerprint density at radius 2 is 2.11 bits per heavy atom. The van der Waals surface area contributed by atoms with Gasteiger partial charge in [0.05, 0.1) is 11.6 Å². The number of carbonyl (C=O) groups excluding carboxylic acids is 1. The first-order valence-electron chi connectivity index (χ1n) is 6.24. The van der Waals surface area contributed by atoms with Gasteiger partial charge < -0.3 is 4.84 Å². The molecule has 1 aliphatic rings. The summed E-state index contributed by atoms with van der Waals surface area (Å²) in [5.74, 6) is -0.269. The lowest BCUT2D eigenvalue weighted by Crippen LogP contribution is -2.25. The van der Waals surface area contributed by atoms with Crippen molar-refractivity contribution in [3.63, 3.8) is 0 Å². The third-order valence-corrected chi connectivity index (χ3v) is 3.35.